The molecule has 1 saturated heterocycles. The van der Waals surface area contributed by atoms with Crippen molar-refractivity contribution in [3.8, 4) is 0 Å². The Morgan fingerprint density at radius 1 is 1.23 bits per heavy atom. The number of halogens is 3. The van der Waals surface area contributed by atoms with Crippen molar-refractivity contribution in [3.05, 3.63) is 30.1 Å². The minimum absolute atomic E-state index is 0.0108. The highest BCUT2D eigenvalue weighted by Gasteiger charge is 2.37. The molecule has 0 aromatic heterocycles. The number of anilines is 1. The molecule has 2 rings (SSSR count). The maximum absolute atomic E-state index is 13.1. The fraction of sp³-hybridized carbons (Fsp3) is 0.579. The van der Waals surface area contributed by atoms with E-state index in [0.29, 0.717) is 18.7 Å². The Kier molecular flexibility index (Phi) is 9.14. The Morgan fingerprint density at radius 2 is 1.87 bits per heavy atom. The molecular weight excluding hydrogens is 418 g/mol. The zero-order chi connectivity index (χ0) is 23.1. The Bertz CT molecular complexity index is 739. The SMILES string of the molecule is CC(C)CC(NC(=O)C(COC(F)F)NC(=O)C1CCN1c1ccc(F)cc1)B(O)O. The minimum atomic E-state index is -3.15. The first kappa shape index (κ1) is 25.0. The van der Waals surface area contributed by atoms with E-state index in [1.54, 1.807) is 18.7 Å². The molecule has 31 heavy (non-hydrogen) atoms. The first-order valence-electron chi connectivity index (χ1n) is 9.97. The minimum Gasteiger partial charge on any atom is -0.426 e. The zero-order valence-electron chi connectivity index (χ0n) is 17.3. The monoisotopic (exact) mass is 445 g/mol. The van der Waals surface area contributed by atoms with Crippen LogP contribution >= 0.6 is 0 Å². The standard InChI is InChI=1S/C19H27BF3N3O5/c1-11(2)9-16(20(29)30)25-17(27)14(10-31-19(22)23)24-18(28)15-7-8-26(15)13-5-3-12(21)4-6-13/h3-6,11,14-16,19,29-30H,7-10H2,1-2H3,(H,24,28)(H,25,27). The van der Waals surface area contributed by atoms with Crippen molar-refractivity contribution in [1.29, 1.82) is 0 Å². The molecule has 2 amide bonds. The first-order chi connectivity index (χ1) is 14.6. The van der Waals surface area contributed by atoms with Gasteiger partial charge in [0.15, 0.2) is 0 Å². The molecule has 1 aliphatic rings. The smallest absolute Gasteiger partial charge is 0.426 e. The molecule has 8 nitrogen and oxygen atoms in total. The fourth-order valence-corrected chi connectivity index (χ4v) is 3.27. The summed E-state index contributed by atoms with van der Waals surface area (Å²) in [7, 11) is -1.86. The number of ether oxygens (including phenoxy) is 1. The summed E-state index contributed by atoms with van der Waals surface area (Å²) in [5, 5.41) is 23.7. The summed E-state index contributed by atoms with van der Waals surface area (Å²) in [5.74, 6) is -2.92. The Labute approximate surface area is 178 Å². The lowest BCUT2D eigenvalue weighted by molar-refractivity contribution is -0.147. The van der Waals surface area contributed by atoms with Crippen LogP contribution in [0.4, 0.5) is 18.9 Å². The molecule has 1 aromatic carbocycles. The molecule has 12 heteroatoms. The largest absolute Gasteiger partial charge is 0.475 e. The number of nitrogens with one attached hydrogen (secondary N) is 2. The summed E-state index contributed by atoms with van der Waals surface area (Å²) in [6.45, 7) is 0.194. The highest BCUT2D eigenvalue weighted by atomic mass is 19.3. The van der Waals surface area contributed by atoms with E-state index in [1.165, 1.54) is 24.3 Å². The number of benzene rings is 1. The molecule has 172 valence electrons. The molecule has 1 fully saturated rings. The molecule has 3 unspecified atom stereocenters. The highest BCUT2D eigenvalue weighted by molar-refractivity contribution is 6.43. The number of alkyl halides is 2. The fourth-order valence-electron chi connectivity index (χ4n) is 3.27. The van der Waals surface area contributed by atoms with Gasteiger partial charge >= 0.3 is 13.7 Å². The van der Waals surface area contributed by atoms with Crippen LogP contribution in [0, 0.1) is 11.7 Å². The molecule has 0 saturated carbocycles. The first-order valence-corrected chi connectivity index (χ1v) is 9.97. The van der Waals surface area contributed by atoms with Crippen LogP contribution in [0.15, 0.2) is 24.3 Å². The summed E-state index contributed by atoms with van der Waals surface area (Å²) < 4.78 is 42.4. The normalized spacial score (nSPS) is 17.8. The second-order valence-corrected chi connectivity index (χ2v) is 7.79. The van der Waals surface area contributed by atoms with Crippen LogP contribution in [0.25, 0.3) is 0 Å². The second kappa shape index (κ2) is 11.4. The number of carbonyl (C=O) groups is 2. The van der Waals surface area contributed by atoms with Gasteiger partial charge in [-0.1, -0.05) is 13.8 Å². The summed E-state index contributed by atoms with van der Waals surface area (Å²) in [4.78, 5) is 27.0. The quantitative estimate of drug-likeness (QED) is 0.373. The van der Waals surface area contributed by atoms with Crippen LogP contribution in [0.5, 0.6) is 0 Å². The number of nitrogens with zero attached hydrogens (tertiary/aromatic N) is 1. The predicted octanol–water partition coefficient (Wildman–Crippen LogP) is 0.671. The summed E-state index contributed by atoms with van der Waals surface area (Å²) in [6, 6.07) is 3.40. The molecule has 0 spiro atoms. The van der Waals surface area contributed by atoms with Crippen LogP contribution in [0.3, 0.4) is 0 Å². The molecule has 0 aliphatic carbocycles. The topological polar surface area (TPSA) is 111 Å². The van der Waals surface area contributed by atoms with E-state index in [0.717, 1.165) is 0 Å². The average Bonchev–Trinajstić information content (AvgIpc) is 2.64. The van der Waals surface area contributed by atoms with E-state index in [2.05, 4.69) is 15.4 Å². The molecular formula is C19H27BF3N3O5. The van der Waals surface area contributed by atoms with Crippen molar-refractivity contribution < 1.29 is 37.5 Å². The average molecular weight is 445 g/mol. The number of amides is 2. The second-order valence-electron chi connectivity index (χ2n) is 7.79. The number of rotatable bonds is 11. The maximum Gasteiger partial charge on any atom is 0.475 e. The van der Waals surface area contributed by atoms with Gasteiger partial charge in [0.05, 0.1) is 12.5 Å². The third-order valence-electron chi connectivity index (χ3n) is 4.92. The van der Waals surface area contributed by atoms with Crippen LogP contribution < -0.4 is 15.5 Å². The van der Waals surface area contributed by atoms with Gasteiger partial charge < -0.3 is 30.3 Å². The van der Waals surface area contributed by atoms with Crippen LogP contribution in [0.2, 0.25) is 0 Å². The number of carbonyl (C=O) groups excluding carboxylic acids is 2. The van der Waals surface area contributed by atoms with Gasteiger partial charge in [-0.25, -0.2) is 4.39 Å². The van der Waals surface area contributed by atoms with Crippen LogP contribution in [-0.2, 0) is 14.3 Å². The van der Waals surface area contributed by atoms with Gasteiger partial charge in [-0.2, -0.15) is 8.78 Å². The number of hydrogen-bond acceptors (Lipinski definition) is 6. The molecule has 0 radical (unpaired) electrons. The van der Waals surface area contributed by atoms with Crippen molar-refractivity contribution in [2.75, 3.05) is 18.1 Å². The molecule has 1 heterocycles. The molecule has 0 bridgehead atoms. The lowest BCUT2D eigenvalue weighted by atomic mass is 9.75. The summed E-state index contributed by atoms with van der Waals surface area (Å²) >= 11 is 0. The molecule has 1 aromatic rings. The van der Waals surface area contributed by atoms with Gasteiger partial charge in [0.2, 0.25) is 11.8 Å². The van der Waals surface area contributed by atoms with E-state index in [4.69, 9.17) is 0 Å². The summed E-state index contributed by atoms with van der Waals surface area (Å²) in [5.41, 5.74) is 0.609. The van der Waals surface area contributed by atoms with E-state index in [-0.39, 0.29) is 12.3 Å². The van der Waals surface area contributed by atoms with Gasteiger partial charge in [-0.05, 0) is 43.0 Å². The lowest BCUT2D eigenvalue weighted by Crippen LogP contribution is -2.61. The number of hydrogen-bond donors (Lipinski definition) is 4. The highest BCUT2D eigenvalue weighted by Crippen LogP contribution is 2.26. The van der Waals surface area contributed by atoms with Gasteiger partial charge in [0.25, 0.3) is 0 Å². The van der Waals surface area contributed by atoms with Crippen LogP contribution in [-0.4, -0.2) is 66.8 Å². The Hall–Kier alpha value is -2.31. The maximum atomic E-state index is 13.1. The van der Waals surface area contributed by atoms with E-state index < -0.39 is 56.0 Å². The molecule has 3 atom stereocenters. The van der Waals surface area contributed by atoms with Gasteiger partial charge in [0, 0.05) is 12.2 Å². The van der Waals surface area contributed by atoms with Gasteiger partial charge in [0.1, 0.15) is 17.9 Å². The van der Waals surface area contributed by atoms with E-state index in [9.17, 15) is 32.8 Å². The van der Waals surface area contributed by atoms with Crippen molar-refractivity contribution >= 4 is 24.6 Å². The van der Waals surface area contributed by atoms with Crippen molar-refractivity contribution in [3.63, 3.8) is 0 Å². The van der Waals surface area contributed by atoms with E-state index >= 15 is 0 Å². The predicted molar refractivity (Wildman–Crippen MR) is 108 cm³/mol. The van der Waals surface area contributed by atoms with Gasteiger partial charge in [-0.15, -0.1) is 0 Å². The van der Waals surface area contributed by atoms with E-state index in [1.807, 2.05) is 0 Å². The van der Waals surface area contributed by atoms with Crippen molar-refractivity contribution in [2.24, 2.45) is 5.92 Å². The van der Waals surface area contributed by atoms with Crippen molar-refractivity contribution in [2.45, 2.75) is 51.3 Å². The Balaban J connectivity index is 2.05. The third kappa shape index (κ3) is 7.40. The summed E-state index contributed by atoms with van der Waals surface area (Å²) in [6.07, 6.45) is 0.680. The zero-order valence-corrected chi connectivity index (χ0v) is 17.3. The lowest BCUT2D eigenvalue weighted by Gasteiger charge is -2.42. The molecule has 4 N–H and O–H groups in total. The third-order valence-corrected chi connectivity index (χ3v) is 4.92. The van der Waals surface area contributed by atoms with Crippen LogP contribution in [0.1, 0.15) is 26.7 Å². The van der Waals surface area contributed by atoms with Crippen molar-refractivity contribution in [1.82, 2.24) is 10.6 Å². The Morgan fingerprint density at radius 3 is 2.35 bits per heavy atom. The van der Waals surface area contributed by atoms with Gasteiger partial charge in [-0.3, -0.25) is 9.59 Å². The molecule has 1 aliphatic heterocycles.